The van der Waals surface area contributed by atoms with Crippen LogP contribution in [-0.2, 0) is 9.59 Å². The van der Waals surface area contributed by atoms with Crippen LogP contribution in [0, 0.1) is 0 Å². The van der Waals surface area contributed by atoms with E-state index in [0.29, 0.717) is 6.08 Å². The smallest absolute Gasteiger partial charge is 0.402 e. The fraction of sp³-hybridized carbons (Fsp3) is 0. The molecule has 0 saturated heterocycles. The molecule has 0 aliphatic rings. The Kier molecular flexibility index (Phi) is 3.05. The lowest BCUT2D eigenvalue weighted by molar-refractivity contribution is -0.576. The van der Waals surface area contributed by atoms with Crippen molar-refractivity contribution in [1.29, 1.82) is 0 Å². The molecule has 0 saturated carbocycles. The second-order valence-corrected chi connectivity index (χ2v) is 3.65. The van der Waals surface area contributed by atoms with Crippen molar-refractivity contribution in [2.24, 2.45) is 0 Å². The fourth-order valence-electron chi connectivity index (χ4n) is 1.65. The predicted octanol–water partition coefficient (Wildman–Crippen LogP) is 1.14. The number of aliphatic carboxylic acids is 2. The Morgan fingerprint density at radius 3 is 2.33 bits per heavy atom. The van der Waals surface area contributed by atoms with Crippen molar-refractivity contribution in [2.45, 2.75) is 0 Å². The molecule has 5 nitrogen and oxygen atoms in total. The summed E-state index contributed by atoms with van der Waals surface area (Å²) in [4.78, 5) is 21.6. The van der Waals surface area contributed by atoms with Crippen LogP contribution >= 0.6 is 0 Å². The highest BCUT2D eigenvalue weighted by Gasteiger charge is 2.20. The Morgan fingerprint density at radius 1 is 1.06 bits per heavy atom. The lowest BCUT2D eigenvalue weighted by Gasteiger charge is -1.98. The van der Waals surface area contributed by atoms with Crippen LogP contribution < -0.4 is 4.57 Å². The quantitative estimate of drug-likeness (QED) is 0.626. The summed E-state index contributed by atoms with van der Waals surface area (Å²) in [5.74, 6) is -2.59. The van der Waals surface area contributed by atoms with Crippen LogP contribution in [0.5, 0.6) is 0 Å². The summed E-state index contributed by atoms with van der Waals surface area (Å²) in [7, 11) is 0. The van der Waals surface area contributed by atoms with Gasteiger partial charge in [0.15, 0.2) is 12.4 Å². The molecule has 0 bridgehead atoms. The average molecular weight is 244 g/mol. The summed E-state index contributed by atoms with van der Waals surface area (Å²) in [6, 6.07) is 9.15. The third-order valence-corrected chi connectivity index (χ3v) is 2.45. The molecule has 0 aliphatic heterocycles. The Balaban J connectivity index is 2.58. The number of hydrogen-bond acceptors (Lipinski definition) is 2. The molecule has 0 unspecified atom stereocenters. The maximum atomic E-state index is 11.0. The van der Waals surface area contributed by atoms with Crippen molar-refractivity contribution >= 4 is 28.4 Å². The van der Waals surface area contributed by atoms with Crippen LogP contribution in [0.15, 0.2) is 48.8 Å². The summed E-state index contributed by atoms with van der Waals surface area (Å²) in [6.45, 7) is 0. The van der Waals surface area contributed by atoms with Gasteiger partial charge in [-0.05, 0) is 11.5 Å². The molecule has 90 valence electrons. The van der Waals surface area contributed by atoms with E-state index in [1.165, 1.54) is 10.8 Å². The van der Waals surface area contributed by atoms with Gasteiger partial charge in [0, 0.05) is 11.5 Å². The molecule has 5 heteroatoms. The number of pyridine rings is 1. The summed E-state index contributed by atoms with van der Waals surface area (Å²) in [5.41, 5.74) is -0.312. The van der Waals surface area contributed by atoms with Gasteiger partial charge in [-0.15, -0.1) is 0 Å². The number of carboxylic acids is 2. The van der Waals surface area contributed by atoms with E-state index in [1.54, 1.807) is 12.3 Å². The first-order valence-corrected chi connectivity index (χ1v) is 5.16. The third kappa shape index (κ3) is 2.35. The van der Waals surface area contributed by atoms with Gasteiger partial charge in [0.05, 0.1) is 0 Å². The zero-order valence-electron chi connectivity index (χ0n) is 9.28. The molecule has 0 amide bonds. The van der Waals surface area contributed by atoms with E-state index in [2.05, 4.69) is 0 Å². The molecular weight excluding hydrogens is 234 g/mol. The third-order valence-electron chi connectivity index (χ3n) is 2.45. The zero-order chi connectivity index (χ0) is 13.1. The number of rotatable bonds is 3. The fourth-order valence-corrected chi connectivity index (χ4v) is 1.65. The highest BCUT2D eigenvalue weighted by atomic mass is 16.4. The molecule has 2 aromatic rings. The number of benzene rings is 1. The van der Waals surface area contributed by atoms with Crippen LogP contribution in [0.2, 0.25) is 0 Å². The Bertz CT molecular complexity index is 661. The van der Waals surface area contributed by atoms with Crippen molar-refractivity contribution in [1.82, 2.24) is 0 Å². The number of nitrogens with zero attached hydrogens (tertiary/aromatic N) is 1. The molecule has 1 aromatic heterocycles. The minimum Gasteiger partial charge on any atom is -0.478 e. The number of aromatic nitrogens is 1. The van der Waals surface area contributed by atoms with Crippen molar-refractivity contribution in [3.8, 4) is 0 Å². The molecule has 2 rings (SSSR count). The number of fused-ring (bicyclic) bond motifs is 1. The van der Waals surface area contributed by atoms with Crippen LogP contribution in [0.3, 0.4) is 0 Å². The number of hydrogen-bond donors (Lipinski definition) is 2. The van der Waals surface area contributed by atoms with Crippen LogP contribution in [0.4, 0.5) is 0 Å². The minimum absolute atomic E-state index is 0.312. The first-order chi connectivity index (χ1) is 8.58. The van der Waals surface area contributed by atoms with E-state index in [4.69, 9.17) is 10.2 Å². The second-order valence-electron chi connectivity index (χ2n) is 3.65. The molecule has 0 aliphatic carbocycles. The van der Waals surface area contributed by atoms with Gasteiger partial charge in [0.2, 0.25) is 0 Å². The van der Waals surface area contributed by atoms with Gasteiger partial charge < -0.3 is 10.2 Å². The Morgan fingerprint density at radius 2 is 1.72 bits per heavy atom. The maximum absolute atomic E-state index is 11.0. The monoisotopic (exact) mass is 244 g/mol. The van der Waals surface area contributed by atoms with Gasteiger partial charge in [0.1, 0.15) is 6.08 Å². The largest absolute Gasteiger partial charge is 0.478 e. The average Bonchev–Trinajstić information content (AvgIpc) is 2.35. The highest BCUT2D eigenvalue weighted by Crippen LogP contribution is 2.10. The molecule has 0 fully saturated rings. The summed E-state index contributed by atoms with van der Waals surface area (Å²) in [6.07, 6.45) is 3.76. The van der Waals surface area contributed by atoms with E-state index < -0.39 is 11.9 Å². The van der Waals surface area contributed by atoms with Gasteiger partial charge in [-0.25, -0.2) is 9.59 Å². The van der Waals surface area contributed by atoms with E-state index >= 15 is 0 Å². The van der Waals surface area contributed by atoms with E-state index in [-0.39, 0.29) is 5.70 Å². The normalized spacial score (nSPS) is 11.4. The molecule has 0 atom stereocenters. The molecule has 2 N–H and O–H groups in total. The van der Waals surface area contributed by atoms with Gasteiger partial charge in [0.25, 0.3) is 0 Å². The topological polar surface area (TPSA) is 78.5 Å². The minimum atomic E-state index is -1.30. The van der Waals surface area contributed by atoms with Crippen molar-refractivity contribution in [2.75, 3.05) is 0 Å². The van der Waals surface area contributed by atoms with E-state index in [1.807, 2.05) is 24.3 Å². The number of carbonyl (C=O) groups is 2. The maximum Gasteiger partial charge on any atom is 0.402 e. The molecular formula is C13H10NO4+. The van der Waals surface area contributed by atoms with E-state index in [0.717, 1.165) is 10.8 Å². The Labute approximate surface area is 102 Å². The van der Waals surface area contributed by atoms with Gasteiger partial charge in [-0.3, -0.25) is 0 Å². The summed E-state index contributed by atoms with van der Waals surface area (Å²) < 4.78 is 1.28. The first-order valence-electron chi connectivity index (χ1n) is 5.16. The van der Waals surface area contributed by atoms with Crippen molar-refractivity contribution in [3.63, 3.8) is 0 Å². The highest BCUT2D eigenvalue weighted by molar-refractivity contribution is 6.09. The summed E-state index contributed by atoms with van der Waals surface area (Å²) in [5, 5.41) is 19.4. The molecule has 1 aromatic carbocycles. The van der Waals surface area contributed by atoms with E-state index in [9.17, 15) is 9.59 Å². The second kappa shape index (κ2) is 4.67. The standard InChI is InChI=1S/C13H9NO4/c15-12(16)7-11(13(17)18)14-6-5-9-3-1-2-4-10(9)8-14/h1-8H,(H-,15,16,17,18)/p+1/b11-7-. The molecule has 0 spiro atoms. The van der Waals surface area contributed by atoms with Crippen LogP contribution in [-0.4, -0.2) is 22.2 Å². The predicted molar refractivity (Wildman–Crippen MR) is 63.7 cm³/mol. The van der Waals surface area contributed by atoms with Gasteiger partial charge >= 0.3 is 17.6 Å². The SMILES string of the molecule is O=C(O)/C=C(/C(=O)O)[n+]1ccc2ccccc2c1. The molecule has 18 heavy (non-hydrogen) atoms. The Hall–Kier alpha value is -2.69. The molecule has 0 radical (unpaired) electrons. The van der Waals surface area contributed by atoms with Gasteiger partial charge in [-0.2, -0.15) is 4.57 Å². The van der Waals surface area contributed by atoms with Crippen LogP contribution in [0.25, 0.3) is 16.5 Å². The molecule has 1 heterocycles. The lowest BCUT2D eigenvalue weighted by Crippen LogP contribution is -2.36. The lowest BCUT2D eigenvalue weighted by atomic mass is 10.2. The van der Waals surface area contributed by atoms with Crippen molar-refractivity contribution < 1.29 is 24.4 Å². The van der Waals surface area contributed by atoms with Crippen LogP contribution in [0.1, 0.15) is 0 Å². The number of carboxylic acid groups (broad SMARTS) is 2. The first kappa shape index (κ1) is 11.8. The van der Waals surface area contributed by atoms with Gasteiger partial charge in [-0.1, -0.05) is 18.2 Å². The summed E-state index contributed by atoms with van der Waals surface area (Å²) >= 11 is 0. The zero-order valence-corrected chi connectivity index (χ0v) is 9.28. The van der Waals surface area contributed by atoms with Crippen molar-refractivity contribution in [3.05, 3.63) is 48.8 Å².